The number of amides is 4. The molecule has 2 aromatic carbocycles. The lowest BCUT2D eigenvalue weighted by molar-refractivity contribution is -0.122. The maximum atomic E-state index is 13.1. The normalized spacial score (nSPS) is 13.5. The molecule has 0 fully saturated rings. The summed E-state index contributed by atoms with van der Waals surface area (Å²) in [5.74, 6) is -1.95. The molecular weight excluding hydrogens is 414 g/mol. The number of primary amides is 1. The SMILES string of the molecule is COc1cccc(C(=O)N(C)Cc2cccc3c2C(=O)N(C(CCC=O)C(N)=O)C3=O)c1. The summed E-state index contributed by atoms with van der Waals surface area (Å²) in [6, 6.07) is 10.2. The van der Waals surface area contributed by atoms with E-state index < -0.39 is 23.8 Å². The number of hydrogen-bond acceptors (Lipinski definition) is 6. The number of aldehydes is 1. The molecular formula is C23H23N3O6. The van der Waals surface area contributed by atoms with E-state index in [0.717, 1.165) is 4.90 Å². The summed E-state index contributed by atoms with van der Waals surface area (Å²) in [4.78, 5) is 63.7. The molecule has 1 atom stereocenters. The Morgan fingerprint density at radius 3 is 2.53 bits per heavy atom. The molecule has 0 aromatic heterocycles. The largest absolute Gasteiger partial charge is 0.497 e. The van der Waals surface area contributed by atoms with Crippen LogP contribution in [0.25, 0.3) is 0 Å². The highest BCUT2D eigenvalue weighted by Gasteiger charge is 2.43. The fourth-order valence-corrected chi connectivity index (χ4v) is 3.72. The molecule has 1 unspecified atom stereocenters. The van der Waals surface area contributed by atoms with Gasteiger partial charge in [0.1, 0.15) is 18.1 Å². The van der Waals surface area contributed by atoms with E-state index in [1.54, 1.807) is 43.4 Å². The third-order valence-electron chi connectivity index (χ3n) is 5.30. The first-order chi connectivity index (χ1) is 15.3. The zero-order valence-corrected chi connectivity index (χ0v) is 17.7. The smallest absolute Gasteiger partial charge is 0.262 e. The standard InChI is InChI=1S/C23H23N3O6/c1-25(21(29)14-6-3-8-16(12-14)32-2)13-15-7-4-9-17-19(15)23(31)26(22(17)30)18(20(24)28)10-5-11-27/h3-4,6-9,11-12,18H,5,10,13H2,1-2H3,(H2,24,28). The molecule has 2 N–H and O–H groups in total. The minimum atomic E-state index is -1.23. The van der Waals surface area contributed by atoms with Crippen molar-refractivity contribution in [3.63, 3.8) is 0 Å². The molecule has 2 aromatic rings. The minimum Gasteiger partial charge on any atom is -0.497 e. The average molecular weight is 437 g/mol. The molecule has 0 radical (unpaired) electrons. The molecule has 3 rings (SSSR count). The van der Waals surface area contributed by atoms with Gasteiger partial charge in [-0.05, 0) is 36.2 Å². The molecule has 9 heteroatoms. The van der Waals surface area contributed by atoms with Crippen molar-refractivity contribution in [1.29, 1.82) is 0 Å². The van der Waals surface area contributed by atoms with Crippen molar-refractivity contribution in [2.45, 2.75) is 25.4 Å². The van der Waals surface area contributed by atoms with Gasteiger partial charge >= 0.3 is 0 Å². The Bertz CT molecular complexity index is 1100. The Labute approximate surface area is 184 Å². The van der Waals surface area contributed by atoms with E-state index in [4.69, 9.17) is 10.5 Å². The van der Waals surface area contributed by atoms with Gasteiger partial charge in [-0.15, -0.1) is 0 Å². The van der Waals surface area contributed by atoms with Gasteiger partial charge in [-0.25, -0.2) is 0 Å². The topological polar surface area (TPSA) is 127 Å². The van der Waals surface area contributed by atoms with Gasteiger partial charge in [0.05, 0.1) is 18.2 Å². The van der Waals surface area contributed by atoms with Gasteiger partial charge in [0.25, 0.3) is 17.7 Å². The van der Waals surface area contributed by atoms with Crippen LogP contribution < -0.4 is 10.5 Å². The van der Waals surface area contributed by atoms with Crippen molar-refractivity contribution < 1.29 is 28.7 Å². The molecule has 4 amide bonds. The van der Waals surface area contributed by atoms with E-state index in [9.17, 15) is 24.0 Å². The Morgan fingerprint density at radius 2 is 1.88 bits per heavy atom. The first-order valence-corrected chi connectivity index (χ1v) is 9.92. The summed E-state index contributed by atoms with van der Waals surface area (Å²) in [7, 11) is 3.08. The first-order valence-electron chi connectivity index (χ1n) is 9.92. The first kappa shape index (κ1) is 22.7. The van der Waals surface area contributed by atoms with Crippen molar-refractivity contribution in [2.24, 2.45) is 5.73 Å². The Hall–Kier alpha value is -4.01. The van der Waals surface area contributed by atoms with Crippen LogP contribution in [-0.4, -0.2) is 59.9 Å². The van der Waals surface area contributed by atoms with Crippen LogP contribution in [0.3, 0.4) is 0 Å². The zero-order chi connectivity index (χ0) is 23.4. The summed E-state index contributed by atoms with van der Waals surface area (Å²) in [6.07, 6.45) is 0.526. The molecule has 0 aliphatic carbocycles. The molecule has 0 saturated heterocycles. The highest BCUT2D eigenvalue weighted by atomic mass is 16.5. The van der Waals surface area contributed by atoms with Crippen molar-refractivity contribution in [2.75, 3.05) is 14.2 Å². The number of fused-ring (bicyclic) bond motifs is 1. The molecule has 0 bridgehead atoms. The minimum absolute atomic E-state index is 0.0222. The number of ether oxygens (including phenoxy) is 1. The second-order valence-electron chi connectivity index (χ2n) is 7.38. The van der Waals surface area contributed by atoms with Crippen LogP contribution in [0, 0.1) is 0 Å². The van der Waals surface area contributed by atoms with Crippen LogP contribution >= 0.6 is 0 Å². The zero-order valence-electron chi connectivity index (χ0n) is 17.7. The number of carbonyl (C=O) groups is 5. The Kier molecular flexibility index (Phi) is 6.67. The molecule has 9 nitrogen and oxygen atoms in total. The fraction of sp³-hybridized carbons (Fsp3) is 0.261. The van der Waals surface area contributed by atoms with E-state index in [1.165, 1.54) is 18.1 Å². The molecule has 32 heavy (non-hydrogen) atoms. The van der Waals surface area contributed by atoms with Crippen molar-refractivity contribution >= 4 is 29.9 Å². The van der Waals surface area contributed by atoms with E-state index in [1.807, 2.05) is 0 Å². The summed E-state index contributed by atoms with van der Waals surface area (Å²) in [6.45, 7) is 0.0572. The average Bonchev–Trinajstić information content (AvgIpc) is 3.04. The Morgan fingerprint density at radius 1 is 1.16 bits per heavy atom. The lowest BCUT2D eigenvalue weighted by Gasteiger charge is -2.23. The molecule has 0 saturated carbocycles. The second kappa shape index (κ2) is 9.42. The highest BCUT2D eigenvalue weighted by molar-refractivity contribution is 6.23. The predicted octanol–water partition coefficient (Wildman–Crippen LogP) is 1.40. The third kappa shape index (κ3) is 4.22. The summed E-state index contributed by atoms with van der Waals surface area (Å²) in [5, 5.41) is 0. The predicted molar refractivity (Wildman–Crippen MR) is 114 cm³/mol. The van der Waals surface area contributed by atoms with Crippen LogP contribution in [0.1, 0.15) is 49.5 Å². The number of imide groups is 1. The van der Waals surface area contributed by atoms with E-state index in [0.29, 0.717) is 23.2 Å². The number of nitrogens with two attached hydrogens (primary N) is 1. The monoisotopic (exact) mass is 437 g/mol. The lowest BCUT2D eigenvalue weighted by Crippen LogP contribution is -2.47. The van der Waals surface area contributed by atoms with Crippen LogP contribution in [0.15, 0.2) is 42.5 Å². The van der Waals surface area contributed by atoms with E-state index in [2.05, 4.69) is 0 Å². The number of carbonyl (C=O) groups excluding carboxylic acids is 5. The number of hydrogen-bond donors (Lipinski definition) is 1. The van der Waals surface area contributed by atoms with Crippen LogP contribution in [0.2, 0.25) is 0 Å². The van der Waals surface area contributed by atoms with Gasteiger partial charge < -0.3 is 20.2 Å². The number of methoxy groups -OCH3 is 1. The molecule has 1 aliphatic rings. The lowest BCUT2D eigenvalue weighted by atomic mass is 10.0. The van der Waals surface area contributed by atoms with Crippen molar-refractivity contribution in [1.82, 2.24) is 9.80 Å². The summed E-state index contributed by atoms with van der Waals surface area (Å²) < 4.78 is 5.15. The van der Waals surface area contributed by atoms with Crippen LogP contribution in [-0.2, 0) is 16.1 Å². The van der Waals surface area contributed by atoms with Gasteiger partial charge in [0, 0.05) is 25.6 Å². The maximum absolute atomic E-state index is 13.1. The Balaban J connectivity index is 1.89. The van der Waals surface area contributed by atoms with Gasteiger partial charge in [-0.3, -0.25) is 24.1 Å². The van der Waals surface area contributed by atoms with E-state index >= 15 is 0 Å². The van der Waals surface area contributed by atoms with Gasteiger partial charge in [-0.1, -0.05) is 18.2 Å². The van der Waals surface area contributed by atoms with Gasteiger partial charge in [-0.2, -0.15) is 0 Å². The van der Waals surface area contributed by atoms with Crippen molar-refractivity contribution in [3.05, 3.63) is 64.7 Å². The maximum Gasteiger partial charge on any atom is 0.262 e. The fourth-order valence-electron chi connectivity index (χ4n) is 3.72. The van der Waals surface area contributed by atoms with E-state index in [-0.39, 0.29) is 36.4 Å². The highest BCUT2D eigenvalue weighted by Crippen LogP contribution is 2.29. The number of rotatable bonds is 9. The molecule has 166 valence electrons. The third-order valence-corrected chi connectivity index (χ3v) is 5.30. The van der Waals surface area contributed by atoms with Gasteiger partial charge in [0.15, 0.2) is 0 Å². The second-order valence-corrected chi connectivity index (χ2v) is 7.38. The van der Waals surface area contributed by atoms with Crippen molar-refractivity contribution in [3.8, 4) is 5.75 Å². The number of nitrogens with zero attached hydrogens (tertiary/aromatic N) is 2. The summed E-state index contributed by atoms with van der Waals surface area (Å²) >= 11 is 0. The molecule has 1 heterocycles. The van der Waals surface area contributed by atoms with Gasteiger partial charge in [0.2, 0.25) is 5.91 Å². The van der Waals surface area contributed by atoms with Crippen LogP contribution in [0.5, 0.6) is 5.75 Å². The quantitative estimate of drug-likeness (QED) is 0.467. The molecule has 0 spiro atoms. The summed E-state index contributed by atoms with van der Waals surface area (Å²) in [5.41, 5.74) is 6.52. The molecule has 1 aliphatic heterocycles. The number of benzene rings is 2. The van der Waals surface area contributed by atoms with Crippen LogP contribution in [0.4, 0.5) is 0 Å².